The minimum Gasteiger partial charge on any atom is -0.384 e. The Labute approximate surface area is 119 Å². The topological polar surface area (TPSA) is 47.9 Å². The molecule has 19 heavy (non-hydrogen) atoms. The largest absolute Gasteiger partial charge is 0.384 e. The van der Waals surface area contributed by atoms with Gasteiger partial charge in [0.1, 0.15) is 5.60 Å². The van der Waals surface area contributed by atoms with Crippen LogP contribution in [0.5, 0.6) is 0 Å². The number of nitrogens with one attached hydrogen (secondary N) is 1. The smallest absolute Gasteiger partial charge is 0.193 e. The van der Waals surface area contributed by atoms with Gasteiger partial charge in [0.2, 0.25) is 0 Å². The molecular weight excluding hydrogens is 262 g/mol. The standard InChI is InChI=1S/C14H20ClN3O/c1-14(19,11-5-3-6-12(15)9-11)10-17-13-16-7-4-8-18(13)2/h3,5-6,9,19H,4,7-8,10H2,1-2H3,(H,16,17). The van der Waals surface area contributed by atoms with Crippen molar-refractivity contribution >= 4 is 17.6 Å². The molecule has 0 aromatic heterocycles. The van der Waals surface area contributed by atoms with Crippen LogP contribution in [0.25, 0.3) is 0 Å². The molecule has 0 saturated carbocycles. The monoisotopic (exact) mass is 281 g/mol. The number of hydrogen-bond acceptors (Lipinski definition) is 4. The zero-order valence-electron chi connectivity index (χ0n) is 11.4. The Morgan fingerprint density at radius 3 is 3.00 bits per heavy atom. The van der Waals surface area contributed by atoms with Gasteiger partial charge in [0.15, 0.2) is 5.96 Å². The maximum Gasteiger partial charge on any atom is 0.193 e. The van der Waals surface area contributed by atoms with E-state index in [-0.39, 0.29) is 0 Å². The van der Waals surface area contributed by atoms with Crippen molar-refractivity contribution in [2.24, 2.45) is 4.99 Å². The highest BCUT2D eigenvalue weighted by Crippen LogP contribution is 2.22. The lowest BCUT2D eigenvalue weighted by molar-refractivity contribution is 0.0610. The summed E-state index contributed by atoms with van der Waals surface area (Å²) < 4.78 is 0. The Morgan fingerprint density at radius 2 is 2.32 bits per heavy atom. The molecule has 4 nitrogen and oxygen atoms in total. The van der Waals surface area contributed by atoms with Crippen molar-refractivity contribution in [3.05, 3.63) is 34.9 Å². The predicted molar refractivity (Wildman–Crippen MR) is 78.6 cm³/mol. The van der Waals surface area contributed by atoms with E-state index in [1.165, 1.54) is 0 Å². The molecule has 1 aromatic rings. The number of hydrogen-bond donors (Lipinski definition) is 2. The van der Waals surface area contributed by atoms with E-state index in [0.717, 1.165) is 31.0 Å². The summed E-state index contributed by atoms with van der Waals surface area (Å²) in [5, 5.41) is 14.4. The van der Waals surface area contributed by atoms with Gasteiger partial charge in [-0.2, -0.15) is 0 Å². The number of aliphatic hydroxyl groups is 1. The molecule has 2 rings (SSSR count). The molecule has 104 valence electrons. The van der Waals surface area contributed by atoms with Gasteiger partial charge in [0.25, 0.3) is 0 Å². The minimum absolute atomic E-state index is 0.399. The predicted octanol–water partition coefficient (Wildman–Crippen LogP) is 1.83. The van der Waals surface area contributed by atoms with Gasteiger partial charge in [0, 0.05) is 25.2 Å². The quantitative estimate of drug-likeness (QED) is 0.889. The number of aliphatic imine (C=N–C) groups is 1. The molecule has 0 spiro atoms. The Bertz CT molecular complexity index is 474. The molecule has 1 aliphatic heterocycles. The second-order valence-corrected chi connectivity index (χ2v) is 5.55. The van der Waals surface area contributed by atoms with E-state index in [1.54, 1.807) is 19.1 Å². The lowest BCUT2D eigenvalue weighted by Crippen LogP contribution is -2.47. The average molecular weight is 282 g/mol. The van der Waals surface area contributed by atoms with Gasteiger partial charge in [0.05, 0.1) is 6.54 Å². The van der Waals surface area contributed by atoms with Crippen molar-refractivity contribution < 1.29 is 5.11 Å². The van der Waals surface area contributed by atoms with Crippen LogP contribution in [0.4, 0.5) is 0 Å². The van der Waals surface area contributed by atoms with E-state index in [9.17, 15) is 5.11 Å². The van der Waals surface area contributed by atoms with Crippen LogP contribution < -0.4 is 5.32 Å². The fraction of sp³-hybridized carbons (Fsp3) is 0.500. The Hall–Kier alpha value is -1.26. The van der Waals surface area contributed by atoms with E-state index in [2.05, 4.69) is 15.2 Å². The third kappa shape index (κ3) is 3.61. The molecule has 1 aliphatic rings. The van der Waals surface area contributed by atoms with Crippen molar-refractivity contribution in [3.63, 3.8) is 0 Å². The minimum atomic E-state index is -0.980. The van der Waals surface area contributed by atoms with Crippen LogP contribution in [0.1, 0.15) is 18.9 Å². The van der Waals surface area contributed by atoms with Crippen molar-refractivity contribution in [2.45, 2.75) is 18.9 Å². The first-order chi connectivity index (χ1) is 8.99. The maximum absolute atomic E-state index is 10.5. The van der Waals surface area contributed by atoms with Crippen LogP contribution >= 0.6 is 11.6 Å². The van der Waals surface area contributed by atoms with Crippen molar-refractivity contribution in [1.29, 1.82) is 0 Å². The molecule has 1 heterocycles. The van der Waals surface area contributed by atoms with Gasteiger partial charge in [-0.05, 0) is 31.0 Å². The fourth-order valence-electron chi connectivity index (χ4n) is 2.09. The van der Waals surface area contributed by atoms with Crippen LogP contribution in [-0.4, -0.2) is 42.6 Å². The Balaban J connectivity index is 2.03. The lowest BCUT2D eigenvalue weighted by atomic mass is 9.96. The van der Waals surface area contributed by atoms with E-state index >= 15 is 0 Å². The van der Waals surface area contributed by atoms with Crippen LogP contribution in [0.15, 0.2) is 29.3 Å². The second kappa shape index (κ2) is 5.80. The van der Waals surface area contributed by atoms with Gasteiger partial charge in [-0.3, -0.25) is 4.99 Å². The second-order valence-electron chi connectivity index (χ2n) is 5.12. The molecule has 5 heteroatoms. The van der Waals surface area contributed by atoms with Crippen LogP contribution in [0, 0.1) is 0 Å². The van der Waals surface area contributed by atoms with Gasteiger partial charge >= 0.3 is 0 Å². The van der Waals surface area contributed by atoms with Gasteiger partial charge in [-0.15, -0.1) is 0 Å². The molecule has 0 amide bonds. The zero-order chi connectivity index (χ0) is 13.9. The highest BCUT2D eigenvalue weighted by molar-refractivity contribution is 6.30. The molecule has 2 N–H and O–H groups in total. The third-order valence-corrected chi connectivity index (χ3v) is 3.55. The van der Waals surface area contributed by atoms with E-state index < -0.39 is 5.60 Å². The molecule has 1 atom stereocenters. The number of rotatable bonds is 3. The van der Waals surface area contributed by atoms with Crippen LogP contribution in [0.3, 0.4) is 0 Å². The van der Waals surface area contributed by atoms with E-state index in [0.29, 0.717) is 11.6 Å². The first kappa shape index (κ1) is 14.2. The normalized spacial score (nSPS) is 18.7. The zero-order valence-corrected chi connectivity index (χ0v) is 12.1. The van der Waals surface area contributed by atoms with Crippen LogP contribution in [-0.2, 0) is 5.60 Å². The van der Waals surface area contributed by atoms with Crippen LogP contribution in [0.2, 0.25) is 5.02 Å². The van der Waals surface area contributed by atoms with Gasteiger partial charge < -0.3 is 15.3 Å². The van der Waals surface area contributed by atoms with Crippen molar-refractivity contribution in [2.75, 3.05) is 26.7 Å². The van der Waals surface area contributed by atoms with E-state index in [1.807, 2.05) is 19.2 Å². The molecule has 0 bridgehead atoms. The summed E-state index contributed by atoms with van der Waals surface area (Å²) in [4.78, 5) is 6.49. The highest BCUT2D eigenvalue weighted by atomic mass is 35.5. The molecule has 0 saturated heterocycles. The number of nitrogens with zero attached hydrogens (tertiary/aromatic N) is 2. The summed E-state index contributed by atoms with van der Waals surface area (Å²) in [7, 11) is 2.00. The molecule has 1 aromatic carbocycles. The van der Waals surface area contributed by atoms with E-state index in [4.69, 9.17) is 11.6 Å². The highest BCUT2D eigenvalue weighted by Gasteiger charge is 2.24. The van der Waals surface area contributed by atoms with Gasteiger partial charge in [-0.25, -0.2) is 0 Å². The van der Waals surface area contributed by atoms with Gasteiger partial charge in [-0.1, -0.05) is 23.7 Å². The molecule has 1 unspecified atom stereocenters. The average Bonchev–Trinajstić information content (AvgIpc) is 2.38. The number of benzene rings is 1. The number of halogens is 1. The SMILES string of the molecule is CN1CCCN=C1NCC(C)(O)c1cccc(Cl)c1. The Morgan fingerprint density at radius 1 is 1.53 bits per heavy atom. The first-order valence-electron chi connectivity index (χ1n) is 6.47. The number of guanidine groups is 1. The third-order valence-electron chi connectivity index (χ3n) is 3.31. The molecule has 0 aliphatic carbocycles. The fourth-order valence-corrected chi connectivity index (χ4v) is 2.28. The molecule has 0 radical (unpaired) electrons. The summed E-state index contributed by atoms with van der Waals surface area (Å²) in [6.45, 7) is 4.00. The first-order valence-corrected chi connectivity index (χ1v) is 6.85. The molecule has 0 fully saturated rings. The van der Waals surface area contributed by atoms with Crippen molar-refractivity contribution in [1.82, 2.24) is 10.2 Å². The summed E-state index contributed by atoms with van der Waals surface area (Å²) in [6.07, 6.45) is 1.08. The maximum atomic E-state index is 10.5. The summed E-state index contributed by atoms with van der Waals surface area (Å²) in [5.41, 5.74) is -0.183. The summed E-state index contributed by atoms with van der Waals surface area (Å²) in [5.74, 6) is 0.841. The summed E-state index contributed by atoms with van der Waals surface area (Å²) in [6, 6.07) is 7.31. The molecular formula is C14H20ClN3O. The van der Waals surface area contributed by atoms with Crippen molar-refractivity contribution in [3.8, 4) is 0 Å². The summed E-state index contributed by atoms with van der Waals surface area (Å²) >= 11 is 5.96. The lowest BCUT2D eigenvalue weighted by Gasteiger charge is -2.30. The Kier molecular flexibility index (Phi) is 4.32.